The lowest BCUT2D eigenvalue weighted by Gasteiger charge is -2.19. The van der Waals surface area contributed by atoms with Crippen molar-refractivity contribution in [3.8, 4) is 0 Å². The highest BCUT2D eigenvalue weighted by atomic mass is 16.2. The molecule has 30 heavy (non-hydrogen) atoms. The SMILES string of the molecule is CN1C(=O)c2cccc(n2)N(C)C(=O)c2cccc(n2)N(C)C(=O)c2cccc1n2. The molecule has 0 spiro atoms. The molecule has 0 radical (unpaired) electrons. The van der Waals surface area contributed by atoms with Crippen LogP contribution in [-0.4, -0.2) is 53.8 Å². The number of pyridine rings is 3. The largest absolute Gasteiger partial charge is 0.294 e. The average molecular weight is 402 g/mol. The molecule has 3 amide bonds. The van der Waals surface area contributed by atoms with Gasteiger partial charge in [0.15, 0.2) is 0 Å². The Hall–Kier alpha value is -4.14. The third kappa shape index (κ3) is 3.26. The summed E-state index contributed by atoms with van der Waals surface area (Å²) in [5.41, 5.74) is 0.422. The Balaban J connectivity index is 1.92. The van der Waals surface area contributed by atoms with E-state index in [0.717, 1.165) is 0 Å². The van der Waals surface area contributed by atoms with Crippen molar-refractivity contribution in [3.05, 3.63) is 71.7 Å². The first-order valence-corrected chi connectivity index (χ1v) is 9.12. The van der Waals surface area contributed by atoms with Gasteiger partial charge in [0.1, 0.15) is 34.5 Å². The molecule has 0 N–H and O–H groups in total. The fourth-order valence-corrected chi connectivity index (χ4v) is 3.02. The van der Waals surface area contributed by atoms with E-state index < -0.39 is 17.7 Å². The first-order chi connectivity index (χ1) is 14.4. The molecule has 9 heteroatoms. The van der Waals surface area contributed by atoms with Gasteiger partial charge in [0.05, 0.1) is 0 Å². The van der Waals surface area contributed by atoms with Gasteiger partial charge in [-0.25, -0.2) is 15.0 Å². The molecular weight excluding hydrogens is 384 g/mol. The maximum atomic E-state index is 12.9. The van der Waals surface area contributed by atoms with Crippen LogP contribution in [0.1, 0.15) is 31.5 Å². The van der Waals surface area contributed by atoms with Gasteiger partial charge in [-0.05, 0) is 36.4 Å². The van der Waals surface area contributed by atoms with Crippen LogP contribution >= 0.6 is 0 Å². The molecule has 0 aliphatic carbocycles. The van der Waals surface area contributed by atoms with Crippen LogP contribution in [0.2, 0.25) is 0 Å². The number of rotatable bonds is 0. The normalized spacial score (nSPS) is 14.5. The van der Waals surface area contributed by atoms with E-state index in [2.05, 4.69) is 15.0 Å². The molecule has 0 saturated carbocycles. The Morgan fingerprint density at radius 3 is 1.03 bits per heavy atom. The van der Waals surface area contributed by atoms with Crippen LogP contribution in [0.25, 0.3) is 0 Å². The Kier molecular flexibility index (Phi) is 4.71. The van der Waals surface area contributed by atoms with Crippen molar-refractivity contribution < 1.29 is 14.4 Å². The number of amides is 3. The van der Waals surface area contributed by atoms with Gasteiger partial charge in [-0.2, -0.15) is 0 Å². The lowest BCUT2D eigenvalue weighted by Crippen LogP contribution is -2.30. The van der Waals surface area contributed by atoms with Crippen molar-refractivity contribution in [1.29, 1.82) is 0 Å². The number of fused-ring (bicyclic) bond motifs is 6. The summed E-state index contributed by atoms with van der Waals surface area (Å²) in [6.07, 6.45) is 0. The van der Waals surface area contributed by atoms with E-state index in [0.29, 0.717) is 17.5 Å². The van der Waals surface area contributed by atoms with Crippen molar-refractivity contribution in [2.75, 3.05) is 35.8 Å². The second kappa shape index (κ2) is 7.36. The molecule has 0 fully saturated rings. The molecule has 0 aromatic carbocycles. The Morgan fingerprint density at radius 2 is 0.767 bits per heavy atom. The molecular formula is C21H18N6O3. The lowest BCUT2D eigenvalue weighted by atomic mass is 10.2. The number of aromatic nitrogens is 3. The van der Waals surface area contributed by atoms with Crippen molar-refractivity contribution in [3.63, 3.8) is 0 Å². The van der Waals surface area contributed by atoms with E-state index in [1.54, 1.807) is 75.7 Å². The van der Waals surface area contributed by atoms with Crippen LogP contribution in [-0.2, 0) is 0 Å². The smallest absolute Gasteiger partial charge is 0.277 e. The fraction of sp³-hybridized carbons (Fsp3) is 0.143. The molecule has 9 nitrogen and oxygen atoms in total. The number of hydrogen-bond donors (Lipinski definition) is 0. The molecule has 3 aromatic heterocycles. The zero-order valence-electron chi connectivity index (χ0n) is 16.6. The minimum atomic E-state index is -0.420. The number of carbonyl (C=O) groups excluding carboxylic acids is 3. The van der Waals surface area contributed by atoms with Crippen LogP contribution in [0, 0.1) is 0 Å². The molecule has 1 aliphatic rings. The van der Waals surface area contributed by atoms with Gasteiger partial charge in [-0.15, -0.1) is 0 Å². The maximum Gasteiger partial charge on any atom is 0.277 e. The monoisotopic (exact) mass is 402 g/mol. The summed E-state index contributed by atoms with van der Waals surface area (Å²) in [4.78, 5) is 55.8. The van der Waals surface area contributed by atoms with Crippen molar-refractivity contribution in [2.24, 2.45) is 0 Å². The number of anilines is 3. The first kappa shape index (κ1) is 19.2. The van der Waals surface area contributed by atoms with Crippen molar-refractivity contribution >= 4 is 35.2 Å². The zero-order chi connectivity index (χ0) is 21.4. The Morgan fingerprint density at radius 1 is 0.500 bits per heavy atom. The van der Waals surface area contributed by atoms with Crippen LogP contribution in [0.4, 0.5) is 17.5 Å². The summed E-state index contributed by atoms with van der Waals surface area (Å²) in [6.45, 7) is 0. The quantitative estimate of drug-likeness (QED) is 0.570. The summed E-state index contributed by atoms with van der Waals surface area (Å²) >= 11 is 0. The summed E-state index contributed by atoms with van der Waals surface area (Å²) in [5, 5.41) is 0. The topological polar surface area (TPSA) is 99.6 Å². The van der Waals surface area contributed by atoms with Gasteiger partial charge in [0.25, 0.3) is 17.7 Å². The van der Waals surface area contributed by atoms with E-state index in [1.165, 1.54) is 14.7 Å². The Labute approximate surface area is 172 Å². The van der Waals surface area contributed by atoms with E-state index in [9.17, 15) is 14.4 Å². The van der Waals surface area contributed by atoms with Crippen LogP contribution in [0.15, 0.2) is 54.6 Å². The van der Waals surface area contributed by atoms with Crippen molar-refractivity contribution in [1.82, 2.24) is 15.0 Å². The lowest BCUT2D eigenvalue weighted by molar-refractivity contribution is 0.0975. The molecule has 150 valence electrons. The molecule has 1 aliphatic heterocycles. The van der Waals surface area contributed by atoms with Crippen LogP contribution in [0.5, 0.6) is 0 Å². The number of hydrogen-bond acceptors (Lipinski definition) is 6. The maximum absolute atomic E-state index is 12.9. The molecule has 4 heterocycles. The van der Waals surface area contributed by atoms with Crippen LogP contribution < -0.4 is 14.7 Å². The number of carbonyl (C=O) groups is 3. The standard InChI is InChI=1S/C21H18N6O3/c1-25-16-10-4-8-14(22-16)20(29)27(3)18-12-6-9-15(24-18)21(30)26(2)17-11-5-7-13(23-17)19(25)28/h4-12H,1-3H3. The second-order valence-electron chi connectivity index (χ2n) is 6.74. The third-order valence-corrected chi connectivity index (χ3v) is 4.81. The van der Waals surface area contributed by atoms with Gasteiger partial charge in [0.2, 0.25) is 0 Å². The zero-order valence-corrected chi connectivity index (χ0v) is 16.6. The van der Waals surface area contributed by atoms with Gasteiger partial charge in [-0.1, -0.05) is 18.2 Å². The summed E-state index contributed by atoms with van der Waals surface area (Å²) in [5.74, 6) is -0.363. The van der Waals surface area contributed by atoms with Gasteiger partial charge in [-0.3, -0.25) is 29.1 Å². The minimum Gasteiger partial charge on any atom is -0.294 e. The number of nitrogens with zero attached hydrogens (tertiary/aromatic N) is 6. The molecule has 3 aromatic rings. The predicted octanol–water partition coefficient (Wildman–Crippen LogP) is 2.01. The highest BCUT2D eigenvalue weighted by Crippen LogP contribution is 2.20. The summed E-state index contributed by atoms with van der Waals surface area (Å²) in [7, 11) is 4.65. The van der Waals surface area contributed by atoms with E-state index in [4.69, 9.17) is 0 Å². The molecule has 0 unspecified atom stereocenters. The molecule has 0 saturated heterocycles. The minimum absolute atomic E-state index is 0.141. The highest BCUT2D eigenvalue weighted by molar-refractivity contribution is 6.08. The van der Waals surface area contributed by atoms with E-state index in [1.807, 2.05) is 0 Å². The highest BCUT2D eigenvalue weighted by Gasteiger charge is 2.24. The first-order valence-electron chi connectivity index (χ1n) is 9.12. The fourth-order valence-electron chi connectivity index (χ4n) is 3.02. The summed E-state index contributed by atoms with van der Waals surface area (Å²) in [6, 6.07) is 14.5. The molecule has 4 rings (SSSR count). The van der Waals surface area contributed by atoms with Gasteiger partial charge < -0.3 is 0 Å². The van der Waals surface area contributed by atoms with Crippen molar-refractivity contribution in [2.45, 2.75) is 0 Å². The molecule has 0 atom stereocenters. The third-order valence-electron chi connectivity index (χ3n) is 4.81. The second-order valence-corrected chi connectivity index (χ2v) is 6.74. The molecule has 6 bridgehead atoms. The van der Waals surface area contributed by atoms with Crippen LogP contribution in [0.3, 0.4) is 0 Å². The van der Waals surface area contributed by atoms with Gasteiger partial charge in [0, 0.05) is 21.1 Å². The Bertz CT molecular complexity index is 1030. The predicted molar refractivity (Wildman–Crippen MR) is 111 cm³/mol. The summed E-state index contributed by atoms with van der Waals surface area (Å²) < 4.78 is 0. The van der Waals surface area contributed by atoms with Gasteiger partial charge >= 0.3 is 0 Å². The van der Waals surface area contributed by atoms with E-state index in [-0.39, 0.29) is 17.1 Å². The van der Waals surface area contributed by atoms with E-state index >= 15 is 0 Å². The average Bonchev–Trinajstić information content (AvgIpc) is 2.80.